The summed E-state index contributed by atoms with van der Waals surface area (Å²) in [5.41, 5.74) is 4.10. The lowest BCUT2D eigenvalue weighted by Crippen LogP contribution is -2.16. The summed E-state index contributed by atoms with van der Waals surface area (Å²) in [7, 11) is 0. The molecule has 0 spiro atoms. The molecule has 0 fully saturated rings. The third-order valence-electron chi connectivity index (χ3n) is 4.18. The predicted octanol–water partition coefficient (Wildman–Crippen LogP) is 6.24. The first-order valence-corrected chi connectivity index (χ1v) is 8.15. The molecular formula is C21H28O. The highest BCUT2D eigenvalue weighted by Crippen LogP contribution is 2.37. The first kappa shape index (κ1) is 16.6. The van der Waals surface area contributed by atoms with Gasteiger partial charge in [-0.15, -0.1) is 0 Å². The minimum absolute atomic E-state index is 0.311. The predicted molar refractivity (Wildman–Crippen MR) is 95.2 cm³/mol. The molecule has 1 nitrogen and oxygen atoms in total. The smallest absolute Gasteiger partial charge is 0.115 e. The molecule has 1 atom stereocenters. The van der Waals surface area contributed by atoms with Gasteiger partial charge >= 0.3 is 0 Å². The number of hydrogen-bond donors (Lipinski definition) is 1. The van der Waals surface area contributed by atoms with Crippen molar-refractivity contribution in [3.63, 3.8) is 0 Å². The Hall–Kier alpha value is -1.76. The van der Waals surface area contributed by atoms with E-state index in [4.69, 9.17) is 0 Å². The number of aromatic hydroxyl groups is 1. The Bertz CT molecular complexity index is 585. The Balaban J connectivity index is 2.24. The standard InChI is InChI=1S/C21H28O/c1-15(2)20(14-21(3,4)5)18-8-6-16(7-9-18)17-10-12-19(22)13-11-17/h6-13,15,20,22H,14H2,1-5H3. The maximum absolute atomic E-state index is 9.39. The molecule has 0 saturated carbocycles. The van der Waals surface area contributed by atoms with E-state index in [1.807, 2.05) is 12.1 Å². The van der Waals surface area contributed by atoms with Gasteiger partial charge in [-0.05, 0) is 52.5 Å². The highest BCUT2D eigenvalue weighted by molar-refractivity contribution is 5.64. The van der Waals surface area contributed by atoms with Crippen molar-refractivity contribution < 1.29 is 5.11 Å². The van der Waals surface area contributed by atoms with E-state index >= 15 is 0 Å². The van der Waals surface area contributed by atoms with Gasteiger partial charge in [0.15, 0.2) is 0 Å². The van der Waals surface area contributed by atoms with Gasteiger partial charge in [0.25, 0.3) is 0 Å². The van der Waals surface area contributed by atoms with Gasteiger partial charge in [0.2, 0.25) is 0 Å². The largest absolute Gasteiger partial charge is 0.508 e. The molecule has 22 heavy (non-hydrogen) atoms. The second-order valence-corrected chi connectivity index (χ2v) is 7.78. The van der Waals surface area contributed by atoms with Gasteiger partial charge in [0.1, 0.15) is 5.75 Å². The molecular weight excluding hydrogens is 268 g/mol. The third kappa shape index (κ3) is 4.37. The van der Waals surface area contributed by atoms with Crippen molar-refractivity contribution in [3.05, 3.63) is 54.1 Å². The molecule has 1 unspecified atom stereocenters. The molecule has 0 saturated heterocycles. The van der Waals surface area contributed by atoms with Crippen LogP contribution in [0.25, 0.3) is 11.1 Å². The van der Waals surface area contributed by atoms with Crippen molar-refractivity contribution in [2.75, 3.05) is 0 Å². The van der Waals surface area contributed by atoms with Gasteiger partial charge in [-0.1, -0.05) is 71.0 Å². The lowest BCUT2D eigenvalue weighted by molar-refractivity contribution is 0.301. The summed E-state index contributed by atoms with van der Waals surface area (Å²) >= 11 is 0. The zero-order valence-corrected chi connectivity index (χ0v) is 14.4. The molecule has 118 valence electrons. The van der Waals surface area contributed by atoms with Crippen LogP contribution in [0.2, 0.25) is 0 Å². The number of phenolic OH excluding ortho intramolecular Hbond substituents is 1. The van der Waals surface area contributed by atoms with Crippen molar-refractivity contribution in [3.8, 4) is 16.9 Å². The minimum Gasteiger partial charge on any atom is -0.508 e. The van der Waals surface area contributed by atoms with Crippen molar-refractivity contribution in [1.29, 1.82) is 0 Å². The second-order valence-electron chi connectivity index (χ2n) is 7.78. The minimum atomic E-state index is 0.311. The molecule has 2 rings (SSSR count). The quantitative estimate of drug-likeness (QED) is 0.708. The highest BCUT2D eigenvalue weighted by Gasteiger charge is 2.22. The summed E-state index contributed by atoms with van der Waals surface area (Å²) in [4.78, 5) is 0. The van der Waals surface area contributed by atoms with Crippen LogP contribution in [0.5, 0.6) is 5.75 Å². The van der Waals surface area contributed by atoms with E-state index in [1.165, 1.54) is 17.5 Å². The molecule has 2 aromatic rings. The highest BCUT2D eigenvalue weighted by atomic mass is 16.3. The molecule has 0 bridgehead atoms. The van der Waals surface area contributed by atoms with E-state index in [9.17, 15) is 5.11 Å². The Kier molecular flexibility index (Phi) is 4.95. The van der Waals surface area contributed by atoms with Crippen LogP contribution in [-0.4, -0.2) is 5.11 Å². The lowest BCUT2D eigenvalue weighted by atomic mass is 9.76. The molecule has 1 N–H and O–H groups in total. The van der Waals surface area contributed by atoms with Gasteiger partial charge in [-0.25, -0.2) is 0 Å². The zero-order valence-electron chi connectivity index (χ0n) is 14.4. The van der Waals surface area contributed by atoms with Crippen molar-refractivity contribution in [2.24, 2.45) is 11.3 Å². The van der Waals surface area contributed by atoms with Crippen molar-refractivity contribution in [2.45, 2.75) is 47.0 Å². The first-order valence-electron chi connectivity index (χ1n) is 8.15. The van der Waals surface area contributed by atoms with Gasteiger partial charge in [-0.2, -0.15) is 0 Å². The molecule has 0 radical (unpaired) electrons. The summed E-state index contributed by atoms with van der Waals surface area (Å²) in [5, 5.41) is 9.39. The van der Waals surface area contributed by atoms with E-state index in [-0.39, 0.29) is 0 Å². The second kappa shape index (κ2) is 6.56. The van der Waals surface area contributed by atoms with Crippen LogP contribution in [0.1, 0.15) is 52.5 Å². The fraction of sp³-hybridized carbons (Fsp3) is 0.429. The van der Waals surface area contributed by atoms with Crippen molar-refractivity contribution >= 4 is 0 Å². The van der Waals surface area contributed by atoms with Crippen LogP contribution >= 0.6 is 0 Å². The molecule has 0 aliphatic carbocycles. The first-order chi connectivity index (χ1) is 10.3. The zero-order chi connectivity index (χ0) is 16.3. The van der Waals surface area contributed by atoms with E-state index in [2.05, 4.69) is 58.9 Å². The average molecular weight is 296 g/mol. The normalized spacial score (nSPS) is 13.4. The summed E-state index contributed by atoms with van der Waals surface area (Å²) in [6.07, 6.45) is 1.20. The average Bonchev–Trinajstić information content (AvgIpc) is 2.45. The van der Waals surface area contributed by atoms with Gasteiger partial charge in [0.05, 0.1) is 0 Å². The Labute approximate surface area is 135 Å². The fourth-order valence-electron chi connectivity index (χ4n) is 2.97. The van der Waals surface area contributed by atoms with Crippen LogP contribution in [0, 0.1) is 11.3 Å². The van der Waals surface area contributed by atoms with E-state index in [0.717, 1.165) is 5.56 Å². The lowest BCUT2D eigenvalue weighted by Gasteiger charge is -2.29. The molecule has 0 aromatic heterocycles. The topological polar surface area (TPSA) is 20.2 Å². The maximum atomic E-state index is 9.39. The summed E-state index contributed by atoms with van der Waals surface area (Å²) in [6.45, 7) is 11.6. The summed E-state index contributed by atoms with van der Waals surface area (Å²) in [5.74, 6) is 1.54. The van der Waals surface area contributed by atoms with Crippen LogP contribution in [-0.2, 0) is 0 Å². The maximum Gasteiger partial charge on any atom is 0.115 e. The van der Waals surface area contributed by atoms with E-state index in [0.29, 0.717) is 23.0 Å². The molecule has 0 heterocycles. The number of benzene rings is 2. The SMILES string of the molecule is CC(C)C(CC(C)(C)C)c1ccc(-c2ccc(O)cc2)cc1. The van der Waals surface area contributed by atoms with Crippen LogP contribution < -0.4 is 0 Å². The van der Waals surface area contributed by atoms with Crippen molar-refractivity contribution in [1.82, 2.24) is 0 Å². The Morgan fingerprint density at radius 3 is 1.68 bits per heavy atom. The van der Waals surface area contributed by atoms with Crippen LogP contribution in [0.3, 0.4) is 0 Å². The van der Waals surface area contributed by atoms with Crippen LogP contribution in [0.15, 0.2) is 48.5 Å². The molecule has 0 aliphatic heterocycles. The van der Waals surface area contributed by atoms with Gasteiger partial charge in [-0.3, -0.25) is 0 Å². The fourth-order valence-corrected chi connectivity index (χ4v) is 2.97. The third-order valence-corrected chi connectivity index (χ3v) is 4.18. The molecule has 2 aromatic carbocycles. The monoisotopic (exact) mass is 296 g/mol. The molecule has 0 aliphatic rings. The Morgan fingerprint density at radius 1 is 0.818 bits per heavy atom. The number of rotatable bonds is 4. The van der Waals surface area contributed by atoms with Gasteiger partial charge < -0.3 is 5.11 Å². The van der Waals surface area contributed by atoms with E-state index < -0.39 is 0 Å². The number of phenols is 1. The number of hydrogen-bond acceptors (Lipinski definition) is 1. The van der Waals surface area contributed by atoms with E-state index in [1.54, 1.807) is 12.1 Å². The molecule has 1 heteroatoms. The van der Waals surface area contributed by atoms with Gasteiger partial charge in [0, 0.05) is 0 Å². The molecule has 0 amide bonds. The van der Waals surface area contributed by atoms with Crippen LogP contribution in [0.4, 0.5) is 0 Å². The summed E-state index contributed by atoms with van der Waals surface area (Å²) in [6, 6.07) is 16.3. The summed E-state index contributed by atoms with van der Waals surface area (Å²) < 4.78 is 0. The Morgan fingerprint density at radius 2 is 1.27 bits per heavy atom.